The Morgan fingerprint density at radius 1 is 1.17 bits per heavy atom. The zero-order valence-corrected chi connectivity index (χ0v) is 12.8. The highest BCUT2D eigenvalue weighted by Crippen LogP contribution is 2.48. The lowest BCUT2D eigenvalue weighted by Gasteiger charge is -2.31. The van der Waals surface area contributed by atoms with E-state index in [-0.39, 0.29) is 11.3 Å². The van der Waals surface area contributed by atoms with Crippen LogP contribution in [0, 0.1) is 11.3 Å². The first-order valence-electron chi connectivity index (χ1n) is 8.06. The highest BCUT2D eigenvalue weighted by molar-refractivity contribution is 6.06. The summed E-state index contributed by atoms with van der Waals surface area (Å²) in [5.41, 5.74) is 3.83. The van der Waals surface area contributed by atoms with Crippen molar-refractivity contribution in [2.24, 2.45) is 0 Å². The van der Waals surface area contributed by atoms with Crippen LogP contribution in [0.5, 0.6) is 0 Å². The molecule has 2 heterocycles. The van der Waals surface area contributed by atoms with Crippen molar-refractivity contribution in [3.05, 3.63) is 47.8 Å². The molecular formula is C19H17N3O. The number of rotatable bonds is 1. The fourth-order valence-corrected chi connectivity index (χ4v) is 3.96. The monoisotopic (exact) mass is 303 g/mol. The van der Waals surface area contributed by atoms with Gasteiger partial charge >= 0.3 is 0 Å². The topological polar surface area (TPSA) is 65.8 Å². The quantitative estimate of drug-likeness (QED) is 0.872. The third kappa shape index (κ3) is 2.04. The maximum absolute atomic E-state index is 12.6. The molecule has 1 aliphatic heterocycles. The summed E-state index contributed by atoms with van der Waals surface area (Å²) < 4.78 is 0. The SMILES string of the molecule is N#Cc1ncccc1-c1ccc2c(c1)C1(CCCCC1)C(=O)N2. The van der Waals surface area contributed by atoms with Crippen molar-refractivity contribution in [2.45, 2.75) is 37.5 Å². The number of fused-ring (bicyclic) bond motifs is 2. The van der Waals surface area contributed by atoms with E-state index in [9.17, 15) is 10.1 Å². The van der Waals surface area contributed by atoms with E-state index < -0.39 is 0 Å². The second kappa shape index (κ2) is 5.20. The summed E-state index contributed by atoms with van der Waals surface area (Å²) in [5.74, 6) is 0.135. The van der Waals surface area contributed by atoms with E-state index >= 15 is 0 Å². The van der Waals surface area contributed by atoms with Crippen molar-refractivity contribution in [3.8, 4) is 17.2 Å². The molecule has 0 unspecified atom stereocenters. The first-order valence-corrected chi connectivity index (χ1v) is 8.06. The Balaban J connectivity index is 1.86. The molecule has 1 spiro atoms. The Bertz CT molecular complexity index is 829. The van der Waals surface area contributed by atoms with Gasteiger partial charge in [-0.2, -0.15) is 5.26 Å². The standard InChI is InChI=1S/C19H17N3O/c20-12-17-14(5-4-10-21-17)13-6-7-16-15(11-13)19(18(23)22-16)8-2-1-3-9-19/h4-7,10-11H,1-3,8-9H2,(H,22,23). The van der Waals surface area contributed by atoms with E-state index in [2.05, 4.69) is 22.4 Å². The molecule has 1 aliphatic carbocycles. The Labute approximate surface area is 135 Å². The van der Waals surface area contributed by atoms with E-state index in [1.54, 1.807) is 6.20 Å². The number of nitrogens with zero attached hydrogens (tertiary/aromatic N) is 2. The van der Waals surface area contributed by atoms with E-state index in [1.165, 1.54) is 6.42 Å². The number of pyridine rings is 1. The van der Waals surface area contributed by atoms with Crippen LogP contribution in [0.2, 0.25) is 0 Å². The summed E-state index contributed by atoms with van der Waals surface area (Å²) in [4.78, 5) is 16.7. The maximum Gasteiger partial charge on any atom is 0.235 e. The molecule has 0 bridgehead atoms. The molecule has 4 heteroatoms. The molecule has 1 saturated carbocycles. The van der Waals surface area contributed by atoms with Crippen molar-refractivity contribution in [3.63, 3.8) is 0 Å². The zero-order valence-electron chi connectivity index (χ0n) is 12.8. The fraction of sp³-hybridized carbons (Fsp3) is 0.316. The van der Waals surface area contributed by atoms with Crippen LogP contribution in [-0.2, 0) is 10.2 Å². The number of anilines is 1. The molecule has 4 rings (SSSR count). The molecule has 1 aromatic carbocycles. The highest BCUT2D eigenvalue weighted by atomic mass is 16.2. The van der Waals surface area contributed by atoms with Crippen LogP contribution >= 0.6 is 0 Å². The average molecular weight is 303 g/mol. The molecule has 1 aromatic heterocycles. The van der Waals surface area contributed by atoms with Gasteiger partial charge in [0.1, 0.15) is 11.8 Å². The van der Waals surface area contributed by atoms with E-state index in [0.29, 0.717) is 5.69 Å². The molecule has 114 valence electrons. The van der Waals surface area contributed by atoms with Gasteiger partial charge in [-0.05, 0) is 48.2 Å². The van der Waals surface area contributed by atoms with Crippen molar-refractivity contribution < 1.29 is 4.79 Å². The summed E-state index contributed by atoms with van der Waals surface area (Å²) >= 11 is 0. The number of carbonyl (C=O) groups excluding carboxylic acids is 1. The lowest BCUT2D eigenvalue weighted by Crippen LogP contribution is -2.36. The van der Waals surface area contributed by atoms with E-state index in [4.69, 9.17) is 0 Å². The number of benzene rings is 1. The molecule has 0 atom stereocenters. The summed E-state index contributed by atoms with van der Waals surface area (Å²) in [5, 5.41) is 12.3. The molecule has 2 aromatic rings. The Hall–Kier alpha value is -2.67. The summed E-state index contributed by atoms with van der Waals surface area (Å²) in [7, 11) is 0. The normalized spacial score (nSPS) is 18.3. The number of amides is 1. The molecule has 2 aliphatic rings. The Kier molecular flexibility index (Phi) is 3.16. The number of carbonyl (C=O) groups is 1. The van der Waals surface area contributed by atoms with E-state index in [0.717, 1.165) is 48.1 Å². The van der Waals surface area contributed by atoms with E-state index in [1.807, 2.05) is 24.3 Å². The number of hydrogen-bond donors (Lipinski definition) is 1. The van der Waals surface area contributed by atoms with Crippen LogP contribution in [0.25, 0.3) is 11.1 Å². The predicted octanol–water partition coefficient (Wildman–Crippen LogP) is 3.77. The summed E-state index contributed by atoms with van der Waals surface area (Å²) in [6.45, 7) is 0. The number of hydrogen-bond acceptors (Lipinski definition) is 3. The van der Waals surface area contributed by atoms with Crippen LogP contribution in [0.4, 0.5) is 5.69 Å². The third-order valence-corrected chi connectivity index (χ3v) is 5.15. The van der Waals surface area contributed by atoms with Crippen LogP contribution in [0.3, 0.4) is 0 Å². The van der Waals surface area contributed by atoms with Crippen molar-refractivity contribution in [1.82, 2.24) is 4.98 Å². The Morgan fingerprint density at radius 3 is 2.78 bits per heavy atom. The molecule has 0 saturated heterocycles. The molecule has 4 nitrogen and oxygen atoms in total. The third-order valence-electron chi connectivity index (χ3n) is 5.15. The lowest BCUT2D eigenvalue weighted by atomic mass is 9.70. The number of aromatic nitrogens is 1. The molecule has 1 N–H and O–H groups in total. The van der Waals surface area contributed by atoms with Gasteiger partial charge in [0.05, 0.1) is 5.41 Å². The fourth-order valence-electron chi connectivity index (χ4n) is 3.96. The van der Waals surface area contributed by atoms with Crippen LogP contribution in [-0.4, -0.2) is 10.9 Å². The number of nitrogens with one attached hydrogen (secondary N) is 1. The minimum Gasteiger partial charge on any atom is -0.325 e. The minimum atomic E-state index is -0.376. The van der Waals surface area contributed by atoms with Crippen LogP contribution in [0.15, 0.2) is 36.5 Å². The minimum absolute atomic E-state index is 0.135. The highest BCUT2D eigenvalue weighted by Gasteiger charge is 2.47. The van der Waals surface area contributed by atoms with Crippen molar-refractivity contribution in [1.29, 1.82) is 5.26 Å². The second-order valence-electron chi connectivity index (χ2n) is 6.37. The molecule has 1 fully saturated rings. The largest absolute Gasteiger partial charge is 0.325 e. The first-order chi connectivity index (χ1) is 11.2. The second-order valence-corrected chi connectivity index (χ2v) is 6.37. The Morgan fingerprint density at radius 2 is 2.00 bits per heavy atom. The predicted molar refractivity (Wildman–Crippen MR) is 87.8 cm³/mol. The molecule has 0 radical (unpaired) electrons. The first kappa shape index (κ1) is 14.0. The van der Waals surface area contributed by atoms with Gasteiger partial charge in [-0.1, -0.05) is 25.3 Å². The van der Waals surface area contributed by atoms with Crippen LogP contribution < -0.4 is 5.32 Å². The number of nitriles is 1. The van der Waals surface area contributed by atoms with Gasteiger partial charge in [-0.3, -0.25) is 4.79 Å². The molecular weight excluding hydrogens is 286 g/mol. The van der Waals surface area contributed by atoms with Gasteiger partial charge in [0, 0.05) is 17.4 Å². The summed E-state index contributed by atoms with van der Waals surface area (Å²) in [6, 6.07) is 11.9. The maximum atomic E-state index is 12.6. The van der Waals surface area contributed by atoms with Crippen molar-refractivity contribution in [2.75, 3.05) is 5.32 Å². The van der Waals surface area contributed by atoms with Gasteiger partial charge in [0.2, 0.25) is 5.91 Å². The van der Waals surface area contributed by atoms with Gasteiger partial charge in [0.25, 0.3) is 0 Å². The molecule has 1 amide bonds. The van der Waals surface area contributed by atoms with Crippen molar-refractivity contribution >= 4 is 11.6 Å². The zero-order chi connectivity index (χ0) is 15.9. The van der Waals surface area contributed by atoms with Crippen LogP contribution in [0.1, 0.15) is 43.4 Å². The van der Waals surface area contributed by atoms with Gasteiger partial charge in [-0.15, -0.1) is 0 Å². The lowest BCUT2D eigenvalue weighted by molar-refractivity contribution is -0.121. The smallest absolute Gasteiger partial charge is 0.235 e. The van der Waals surface area contributed by atoms with Gasteiger partial charge < -0.3 is 5.32 Å². The van der Waals surface area contributed by atoms with Gasteiger partial charge in [0.15, 0.2) is 0 Å². The summed E-state index contributed by atoms with van der Waals surface area (Å²) in [6.07, 6.45) is 6.83. The average Bonchev–Trinajstić information content (AvgIpc) is 2.87. The van der Waals surface area contributed by atoms with Gasteiger partial charge in [-0.25, -0.2) is 4.98 Å². The molecule has 23 heavy (non-hydrogen) atoms.